The van der Waals surface area contributed by atoms with Crippen LogP contribution in [0.5, 0.6) is 0 Å². The molecule has 1 fully saturated rings. The van der Waals surface area contributed by atoms with Gasteiger partial charge in [-0.25, -0.2) is 0 Å². The van der Waals surface area contributed by atoms with E-state index in [-0.39, 0.29) is 11.9 Å². The summed E-state index contributed by atoms with van der Waals surface area (Å²) in [4.78, 5) is 12.2. The molecule has 5 heteroatoms. The van der Waals surface area contributed by atoms with Crippen molar-refractivity contribution in [3.63, 3.8) is 0 Å². The van der Waals surface area contributed by atoms with Gasteiger partial charge in [0.15, 0.2) is 11.5 Å². The lowest BCUT2D eigenvalue weighted by molar-refractivity contribution is 0.0921. The molecule has 23 heavy (non-hydrogen) atoms. The van der Waals surface area contributed by atoms with E-state index in [2.05, 4.69) is 20.8 Å². The number of rotatable bonds is 4. The van der Waals surface area contributed by atoms with Crippen molar-refractivity contribution in [2.45, 2.75) is 45.1 Å². The summed E-state index contributed by atoms with van der Waals surface area (Å²) in [7, 11) is 0. The normalized spacial score (nSPS) is 15.2. The third-order valence-corrected chi connectivity index (χ3v) is 4.25. The Morgan fingerprint density at radius 3 is 2.52 bits per heavy atom. The first kappa shape index (κ1) is 15.5. The van der Waals surface area contributed by atoms with Gasteiger partial charge in [0, 0.05) is 11.7 Å². The maximum Gasteiger partial charge on any atom is 0.272 e. The fourth-order valence-corrected chi connectivity index (χ4v) is 2.88. The molecule has 5 nitrogen and oxygen atoms in total. The first-order valence-corrected chi connectivity index (χ1v) is 8.19. The van der Waals surface area contributed by atoms with Crippen molar-refractivity contribution in [2.24, 2.45) is 0 Å². The Morgan fingerprint density at radius 2 is 1.83 bits per heavy atom. The van der Waals surface area contributed by atoms with Crippen molar-refractivity contribution in [3.05, 3.63) is 47.7 Å². The lowest BCUT2D eigenvalue weighted by Crippen LogP contribution is -2.36. The van der Waals surface area contributed by atoms with Gasteiger partial charge in [0.05, 0.1) is 0 Å². The molecule has 1 heterocycles. The number of nitrogens with zero attached hydrogens (tertiary/aromatic N) is 2. The van der Waals surface area contributed by atoms with Gasteiger partial charge in [0.2, 0.25) is 0 Å². The monoisotopic (exact) mass is 310 g/mol. The third kappa shape index (κ3) is 4.06. The van der Waals surface area contributed by atoms with Gasteiger partial charge in [0.1, 0.15) is 0 Å². The van der Waals surface area contributed by atoms with E-state index in [1.807, 2.05) is 31.2 Å². The van der Waals surface area contributed by atoms with Crippen LogP contribution in [-0.4, -0.2) is 22.1 Å². The SMILES string of the molecule is Cc1ccccc1Nc1ccc(C(=O)NC2CCCCC2)nn1. The molecule has 0 unspecified atom stereocenters. The maximum atomic E-state index is 12.2. The van der Waals surface area contributed by atoms with Crippen molar-refractivity contribution in [1.29, 1.82) is 0 Å². The first-order chi connectivity index (χ1) is 11.2. The minimum absolute atomic E-state index is 0.133. The predicted molar refractivity (Wildman–Crippen MR) is 90.8 cm³/mol. The molecule has 3 rings (SSSR count). The number of amides is 1. The summed E-state index contributed by atoms with van der Waals surface area (Å²) in [5.74, 6) is 0.500. The van der Waals surface area contributed by atoms with E-state index < -0.39 is 0 Å². The molecule has 2 aromatic rings. The van der Waals surface area contributed by atoms with Gasteiger partial charge < -0.3 is 10.6 Å². The summed E-state index contributed by atoms with van der Waals surface area (Å²) in [5, 5.41) is 14.4. The van der Waals surface area contributed by atoms with Crippen LogP contribution in [0.15, 0.2) is 36.4 Å². The lowest BCUT2D eigenvalue weighted by Gasteiger charge is -2.22. The van der Waals surface area contributed by atoms with Crippen molar-refractivity contribution >= 4 is 17.4 Å². The molecule has 2 N–H and O–H groups in total. The standard InChI is InChI=1S/C18H22N4O/c1-13-7-5-6-10-15(13)20-17-12-11-16(21-22-17)18(23)19-14-8-3-2-4-9-14/h5-7,10-12,14H,2-4,8-9H2,1H3,(H,19,23)(H,20,22). The fraction of sp³-hybridized carbons (Fsp3) is 0.389. The average Bonchev–Trinajstić information content (AvgIpc) is 2.58. The summed E-state index contributed by atoms with van der Waals surface area (Å²) in [5.41, 5.74) is 2.49. The highest BCUT2D eigenvalue weighted by atomic mass is 16.2. The van der Waals surface area contributed by atoms with Crippen LogP contribution in [0, 0.1) is 6.92 Å². The molecule has 0 atom stereocenters. The molecule has 120 valence electrons. The Morgan fingerprint density at radius 1 is 1.04 bits per heavy atom. The van der Waals surface area contributed by atoms with Gasteiger partial charge in [-0.2, -0.15) is 0 Å². The van der Waals surface area contributed by atoms with Crippen LogP contribution in [0.4, 0.5) is 11.5 Å². The molecule has 1 aliphatic carbocycles. The van der Waals surface area contributed by atoms with Crippen LogP contribution >= 0.6 is 0 Å². The number of aryl methyl sites for hydroxylation is 1. The molecule has 1 aliphatic rings. The van der Waals surface area contributed by atoms with Crippen LogP contribution in [-0.2, 0) is 0 Å². The highest BCUT2D eigenvalue weighted by Gasteiger charge is 2.17. The highest BCUT2D eigenvalue weighted by molar-refractivity contribution is 5.92. The second kappa shape index (κ2) is 7.22. The van der Waals surface area contributed by atoms with Crippen LogP contribution in [0.1, 0.15) is 48.2 Å². The number of carbonyl (C=O) groups excluding carboxylic acids is 1. The summed E-state index contributed by atoms with van der Waals surface area (Å²) in [6, 6.07) is 11.8. The number of hydrogen-bond acceptors (Lipinski definition) is 4. The molecule has 0 radical (unpaired) electrons. The van der Waals surface area contributed by atoms with E-state index in [1.54, 1.807) is 12.1 Å². The molecular weight excluding hydrogens is 288 g/mol. The Balaban J connectivity index is 1.62. The van der Waals surface area contributed by atoms with E-state index >= 15 is 0 Å². The Labute approximate surface area is 136 Å². The average molecular weight is 310 g/mol. The fourth-order valence-electron chi connectivity index (χ4n) is 2.88. The zero-order chi connectivity index (χ0) is 16.1. The van der Waals surface area contributed by atoms with Crippen LogP contribution in [0.2, 0.25) is 0 Å². The molecule has 0 spiro atoms. The van der Waals surface area contributed by atoms with Gasteiger partial charge in [0.25, 0.3) is 5.91 Å². The largest absolute Gasteiger partial charge is 0.348 e. The number of benzene rings is 1. The lowest BCUT2D eigenvalue weighted by atomic mass is 9.95. The number of para-hydroxylation sites is 1. The van der Waals surface area contributed by atoms with Crippen molar-refractivity contribution < 1.29 is 4.79 Å². The van der Waals surface area contributed by atoms with E-state index in [9.17, 15) is 4.79 Å². The second-order valence-electron chi connectivity index (χ2n) is 6.05. The highest BCUT2D eigenvalue weighted by Crippen LogP contribution is 2.19. The van der Waals surface area contributed by atoms with E-state index in [0.29, 0.717) is 11.5 Å². The third-order valence-electron chi connectivity index (χ3n) is 4.25. The number of hydrogen-bond donors (Lipinski definition) is 2. The second-order valence-corrected chi connectivity index (χ2v) is 6.05. The molecule has 0 aliphatic heterocycles. The molecule has 1 aromatic heterocycles. The smallest absolute Gasteiger partial charge is 0.272 e. The van der Waals surface area contributed by atoms with E-state index in [0.717, 1.165) is 24.1 Å². The zero-order valence-corrected chi connectivity index (χ0v) is 13.4. The number of nitrogens with one attached hydrogen (secondary N) is 2. The summed E-state index contributed by atoms with van der Waals surface area (Å²) in [6.07, 6.45) is 5.77. The summed E-state index contributed by atoms with van der Waals surface area (Å²) < 4.78 is 0. The number of aromatic nitrogens is 2. The van der Waals surface area contributed by atoms with Crippen LogP contribution in [0.25, 0.3) is 0 Å². The van der Waals surface area contributed by atoms with Crippen LogP contribution in [0.3, 0.4) is 0 Å². The quantitative estimate of drug-likeness (QED) is 0.905. The molecule has 0 saturated heterocycles. The molecule has 1 amide bonds. The van der Waals surface area contributed by atoms with Crippen LogP contribution < -0.4 is 10.6 Å². The topological polar surface area (TPSA) is 66.9 Å². The van der Waals surface area contributed by atoms with Gasteiger partial charge >= 0.3 is 0 Å². The minimum Gasteiger partial charge on any atom is -0.348 e. The van der Waals surface area contributed by atoms with Crippen molar-refractivity contribution in [3.8, 4) is 0 Å². The molecule has 1 aromatic carbocycles. The van der Waals surface area contributed by atoms with Gasteiger partial charge in [-0.05, 0) is 43.5 Å². The Kier molecular flexibility index (Phi) is 4.86. The van der Waals surface area contributed by atoms with E-state index in [1.165, 1.54) is 19.3 Å². The number of carbonyl (C=O) groups is 1. The van der Waals surface area contributed by atoms with E-state index in [4.69, 9.17) is 0 Å². The van der Waals surface area contributed by atoms with Gasteiger partial charge in [-0.3, -0.25) is 4.79 Å². The summed E-state index contributed by atoms with van der Waals surface area (Å²) in [6.45, 7) is 2.03. The van der Waals surface area contributed by atoms with Crippen molar-refractivity contribution in [1.82, 2.24) is 15.5 Å². The minimum atomic E-state index is -0.133. The first-order valence-electron chi connectivity index (χ1n) is 8.19. The van der Waals surface area contributed by atoms with Gasteiger partial charge in [-0.15, -0.1) is 10.2 Å². The zero-order valence-electron chi connectivity index (χ0n) is 13.4. The summed E-state index contributed by atoms with van der Waals surface area (Å²) >= 11 is 0. The maximum absolute atomic E-state index is 12.2. The van der Waals surface area contributed by atoms with Crippen molar-refractivity contribution in [2.75, 3.05) is 5.32 Å². The Hall–Kier alpha value is -2.43. The molecular formula is C18H22N4O. The molecule has 0 bridgehead atoms. The molecule has 1 saturated carbocycles. The van der Waals surface area contributed by atoms with Gasteiger partial charge in [-0.1, -0.05) is 37.5 Å². The predicted octanol–water partition coefficient (Wildman–Crippen LogP) is 3.59. The number of anilines is 2. The Bertz CT molecular complexity index is 663.